The highest BCUT2D eigenvalue weighted by molar-refractivity contribution is 5.93. The van der Waals surface area contributed by atoms with Crippen LogP contribution in [0.2, 0.25) is 0 Å². The third-order valence-electron chi connectivity index (χ3n) is 3.25. The van der Waals surface area contributed by atoms with Crippen molar-refractivity contribution in [2.45, 2.75) is 33.1 Å². The van der Waals surface area contributed by atoms with Gasteiger partial charge in [0.25, 0.3) is 0 Å². The molecule has 2 aromatic rings. The smallest absolute Gasteiger partial charge is 0.219 e. The van der Waals surface area contributed by atoms with Crippen LogP contribution in [0.1, 0.15) is 37.6 Å². The van der Waals surface area contributed by atoms with Gasteiger partial charge in [-0.1, -0.05) is 39.0 Å². The van der Waals surface area contributed by atoms with E-state index in [1.54, 1.807) is 18.2 Å². The number of aryl methyl sites for hydroxylation is 1. The van der Waals surface area contributed by atoms with Gasteiger partial charge in [-0.05, 0) is 35.6 Å². The quantitative estimate of drug-likeness (QED) is 0.665. The summed E-state index contributed by atoms with van der Waals surface area (Å²) in [6.07, 6.45) is 0. The molecule has 0 radical (unpaired) electrons. The highest BCUT2D eigenvalue weighted by Gasteiger charge is 2.15. The molecule has 1 aromatic carbocycles. The Hall–Kier alpha value is -2.36. The fourth-order valence-electron chi connectivity index (χ4n) is 1.96. The molecular formula is C17H21N3O. The Morgan fingerprint density at radius 3 is 2.48 bits per heavy atom. The van der Waals surface area contributed by atoms with E-state index in [2.05, 4.69) is 37.9 Å². The first kappa shape index (κ1) is 15.0. The van der Waals surface area contributed by atoms with Crippen LogP contribution in [0.15, 0.2) is 36.4 Å². The van der Waals surface area contributed by atoms with Crippen LogP contribution in [0.5, 0.6) is 11.6 Å². The molecule has 1 aromatic heterocycles. The summed E-state index contributed by atoms with van der Waals surface area (Å²) < 4.78 is 5.80. The molecule has 2 rings (SSSR count). The molecule has 0 unspecified atom stereocenters. The first-order valence-corrected chi connectivity index (χ1v) is 6.88. The van der Waals surface area contributed by atoms with Crippen LogP contribution in [0, 0.1) is 12.3 Å². The van der Waals surface area contributed by atoms with Crippen molar-refractivity contribution in [2.24, 2.45) is 5.73 Å². The second kappa shape index (κ2) is 5.56. The molecule has 0 aliphatic carbocycles. The first-order valence-electron chi connectivity index (χ1n) is 6.88. The molecule has 4 nitrogen and oxygen atoms in total. The van der Waals surface area contributed by atoms with Crippen molar-refractivity contribution < 1.29 is 4.74 Å². The zero-order chi connectivity index (χ0) is 15.6. The number of pyridine rings is 1. The van der Waals surface area contributed by atoms with Crippen molar-refractivity contribution in [2.75, 3.05) is 0 Å². The molecule has 0 fully saturated rings. The first-order chi connectivity index (χ1) is 9.77. The lowest BCUT2D eigenvalue weighted by atomic mass is 9.86. The number of nitrogens with two attached hydrogens (primary N) is 1. The van der Waals surface area contributed by atoms with E-state index in [1.807, 2.05) is 13.0 Å². The Balaban J connectivity index is 2.28. The Labute approximate surface area is 125 Å². The van der Waals surface area contributed by atoms with Gasteiger partial charge >= 0.3 is 0 Å². The Morgan fingerprint density at radius 2 is 1.90 bits per heavy atom. The van der Waals surface area contributed by atoms with E-state index in [-0.39, 0.29) is 11.3 Å². The Kier molecular flexibility index (Phi) is 3.98. The van der Waals surface area contributed by atoms with Crippen molar-refractivity contribution in [3.8, 4) is 11.6 Å². The topological polar surface area (TPSA) is 72.0 Å². The van der Waals surface area contributed by atoms with Gasteiger partial charge in [-0.2, -0.15) is 0 Å². The predicted molar refractivity (Wildman–Crippen MR) is 85.2 cm³/mol. The van der Waals surface area contributed by atoms with E-state index in [0.717, 1.165) is 11.3 Å². The molecule has 0 saturated carbocycles. The van der Waals surface area contributed by atoms with Gasteiger partial charge in [0.1, 0.15) is 17.3 Å². The minimum atomic E-state index is -0.0692. The maximum atomic E-state index is 7.41. The fraction of sp³-hybridized carbons (Fsp3) is 0.294. The number of nitrogens with zero attached hydrogens (tertiary/aromatic N) is 1. The summed E-state index contributed by atoms with van der Waals surface area (Å²) in [5.41, 5.74) is 8.27. The van der Waals surface area contributed by atoms with Gasteiger partial charge in [0, 0.05) is 6.07 Å². The second-order valence-electron chi connectivity index (χ2n) is 6.11. The number of nitrogens with one attached hydrogen (secondary N) is 1. The maximum absolute atomic E-state index is 7.41. The summed E-state index contributed by atoms with van der Waals surface area (Å²) in [5, 5.41) is 7.41. The SMILES string of the molecule is Cc1cc(C(C)(C)C)ccc1Oc1cccc(C(=N)N)n1. The number of benzene rings is 1. The average Bonchev–Trinajstić information content (AvgIpc) is 2.40. The van der Waals surface area contributed by atoms with Gasteiger partial charge in [-0.15, -0.1) is 0 Å². The third kappa shape index (κ3) is 3.60. The van der Waals surface area contributed by atoms with Crippen LogP contribution in [0.4, 0.5) is 0 Å². The molecule has 0 saturated heterocycles. The fourth-order valence-corrected chi connectivity index (χ4v) is 1.96. The van der Waals surface area contributed by atoms with Gasteiger partial charge in [0.05, 0.1) is 0 Å². The van der Waals surface area contributed by atoms with Crippen LogP contribution >= 0.6 is 0 Å². The summed E-state index contributed by atoms with van der Waals surface area (Å²) in [6.45, 7) is 8.56. The lowest BCUT2D eigenvalue weighted by molar-refractivity contribution is 0.458. The van der Waals surface area contributed by atoms with Gasteiger partial charge in [-0.25, -0.2) is 4.98 Å². The average molecular weight is 283 g/mol. The third-order valence-corrected chi connectivity index (χ3v) is 3.25. The van der Waals surface area contributed by atoms with Crippen molar-refractivity contribution >= 4 is 5.84 Å². The summed E-state index contributed by atoms with van der Waals surface area (Å²) in [6, 6.07) is 11.4. The standard InChI is InChI=1S/C17H21N3O/c1-11-10-12(17(2,3)4)8-9-14(11)21-15-7-5-6-13(20-15)16(18)19/h5-10H,1-4H3,(H3,18,19). The number of hydrogen-bond acceptors (Lipinski definition) is 3. The van der Waals surface area contributed by atoms with Crippen LogP contribution in [0.25, 0.3) is 0 Å². The molecule has 4 heteroatoms. The van der Waals surface area contributed by atoms with E-state index in [0.29, 0.717) is 11.6 Å². The number of ether oxygens (including phenoxy) is 1. The summed E-state index contributed by atoms with van der Waals surface area (Å²) in [7, 11) is 0. The monoisotopic (exact) mass is 283 g/mol. The van der Waals surface area contributed by atoms with E-state index in [1.165, 1.54) is 5.56 Å². The lowest BCUT2D eigenvalue weighted by Gasteiger charge is -2.20. The molecular weight excluding hydrogens is 262 g/mol. The minimum Gasteiger partial charge on any atom is -0.439 e. The molecule has 0 bridgehead atoms. The number of amidine groups is 1. The zero-order valence-electron chi connectivity index (χ0n) is 12.9. The molecule has 0 spiro atoms. The number of aromatic nitrogens is 1. The second-order valence-corrected chi connectivity index (χ2v) is 6.11. The molecule has 0 atom stereocenters. The molecule has 3 N–H and O–H groups in total. The Morgan fingerprint density at radius 1 is 1.19 bits per heavy atom. The predicted octanol–water partition coefficient (Wildman–Crippen LogP) is 3.76. The van der Waals surface area contributed by atoms with E-state index >= 15 is 0 Å². The highest BCUT2D eigenvalue weighted by Crippen LogP contribution is 2.29. The summed E-state index contributed by atoms with van der Waals surface area (Å²) >= 11 is 0. The van der Waals surface area contributed by atoms with Crippen molar-refractivity contribution in [3.63, 3.8) is 0 Å². The normalized spacial score (nSPS) is 11.2. The van der Waals surface area contributed by atoms with E-state index in [4.69, 9.17) is 15.9 Å². The molecule has 0 aliphatic heterocycles. The highest BCUT2D eigenvalue weighted by atomic mass is 16.5. The minimum absolute atomic E-state index is 0.0692. The van der Waals surface area contributed by atoms with Gasteiger partial charge in [-0.3, -0.25) is 5.41 Å². The number of rotatable bonds is 3. The van der Waals surface area contributed by atoms with Crippen LogP contribution in [0.3, 0.4) is 0 Å². The van der Waals surface area contributed by atoms with Crippen molar-refractivity contribution in [1.29, 1.82) is 5.41 Å². The largest absolute Gasteiger partial charge is 0.439 e. The summed E-state index contributed by atoms with van der Waals surface area (Å²) in [4.78, 5) is 4.21. The Bertz CT molecular complexity index is 672. The van der Waals surface area contributed by atoms with E-state index < -0.39 is 0 Å². The van der Waals surface area contributed by atoms with Crippen LogP contribution in [-0.4, -0.2) is 10.8 Å². The molecule has 0 amide bonds. The number of nitrogen functional groups attached to an aromatic ring is 1. The van der Waals surface area contributed by atoms with E-state index in [9.17, 15) is 0 Å². The van der Waals surface area contributed by atoms with Gasteiger partial charge in [0.15, 0.2) is 0 Å². The zero-order valence-corrected chi connectivity index (χ0v) is 12.9. The van der Waals surface area contributed by atoms with Gasteiger partial charge in [0.2, 0.25) is 5.88 Å². The van der Waals surface area contributed by atoms with Gasteiger partial charge < -0.3 is 10.5 Å². The van der Waals surface area contributed by atoms with Crippen molar-refractivity contribution in [1.82, 2.24) is 4.98 Å². The molecule has 21 heavy (non-hydrogen) atoms. The van der Waals surface area contributed by atoms with Crippen LogP contribution in [-0.2, 0) is 5.41 Å². The lowest BCUT2D eigenvalue weighted by Crippen LogP contribution is -2.13. The number of hydrogen-bond donors (Lipinski definition) is 2. The molecule has 0 aliphatic rings. The maximum Gasteiger partial charge on any atom is 0.219 e. The molecule has 110 valence electrons. The molecule has 1 heterocycles. The van der Waals surface area contributed by atoms with Crippen molar-refractivity contribution in [3.05, 3.63) is 53.2 Å². The van der Waals surface area contributed by atoms with Crippen LogP contribution < -0.4 is 10.5 Å². The summed E-state index contributed by atoms with van der Waals surface area (Å²) in [5.74, 6) is 1.13.